The molecule has 0 aliphatic carbocycles. The Morgan fingerprint density at radius 1 is 1.10 bits per heavy atom. The molecule has 1 aliphatic rings. The van der Waals surface area contributed by atoms with Gasteiger partial charge in [0.15, 0.2) is 7.28 Å². The molecule has 0 radical (unpaired) electrons. The summed E-state index contributed by atoms with van der Waals surface area (Å²) in [7, 11) is -0.745. The van der Waals surface area contributed by atoms with Crippen LogP contribution < -0.4 is 0 Å². The van der Waals surface area contributed by atoms with Crippen LogP contribution in [0.15, 0.2) is 30.3 Å². The molecule has 5 N–H and O–H groups in total. The van der Waals surface area contributed by atoms with E-state index in [0.29, 0.717) is 0 Å². The van der Waals surface area contributed by atoms with Crippen molar-refractivity contribution in [2.75, 3.05) is 6.61 Å². The fraction of sp³-hybridized carbons (Fsp3) is 0.538. The molecule has 1 saturated heterocycles. The van der Waals surface area contributed by atoms with Crippen molar-refractivity contribution in [3.8, 4) is 0 Å². The number of benzene rings is 1. The highest BCUT2D eigenvalue weighted by Crippen LogP contribution is 2.46. The molecule has 0 spiro atoms. The Morgan fingerprint density at radius 2 is 1.67 bits per heavy atom. The molecular formula is C13H17BF2O5. The van der Waals surface area contributed by atoms with Crippen molar-refractivity contribution in [1.82, 2.24) is 0 Å². The summed E-state index contributed by atoms with van der Waals surface area (Å²) in [4.78, 5) is 0. The number of hydrogen-bond acceptors (Lipinski definition) is 5. The second kappa shape index (κ2) is 5.62. The molecule has 0 bridgehead atoms. The van der Waals surface area contributed by atoms with E-state index >= 15 is 0 Å². The molecule has 5 nitrogen and oxygen atoms in total. The lowest BCUT2D eigenvalue weighted by atomic mass is 9.42. The molecule has 21 heavy (non-hydrogen) atoms. The molecule has 0 aromatic heterocycles. The number of rotatable bonds is 3. The Kier molecular flexibility index (Phi) is 4.37. The fourth-order valence-corrected chi connectivity index (χ4v) is 2.74. The summed E-state index contributed by atoms with van der Waals surface area (Å²) in [6.07, 6.45) is -5.81. The zero-order valence-corrected chi connectivity index (χ0v) is 11.1. The predicted octanol–water partition coefficient (Wildman–Crippen LogP) is -1.22. The molecule has 1 unspecified atom stereocenters. The molecule has 2 rings (SSSR count). The van der Waals surface area contributed by atoms with Crippen LogP contribution in [0.2, 0.25) is 5.82 Å². The van der Waals surface area contributed by atoms with Gasteiger partial charge in [-0.1, -0.05) is 30.3 Å². The standard InChI is InChI=1S/C13H17BF2O5/c15-13(16,7-4-2-1-3-5-7)10-8(18)9(19)11(20)12(21,6-17)14-10/h1-5,8-11,14,17-21H,6H2/t8-,9-,10-,11+,12?/m1/s1. The van der Waals surface area contributed by atoms with E-state index in [1.165, 1.54) is 24.3 Å². The zero-order valence-electron chi connectivity index (χ0n) is 11.1. The van der Waals surface area contributed by atoms with Gasteiger partial charge in [-0.3, -0.25) is 0 Å². The van der Waals surface area contributed by atoms with Crippen molar-refractivity contribution in [2.45, 2.75) is 35.6 Å². The minimum absolute atomic E-state index is 0.377. The van der Waals surface area contributed by atoms with E-state index in [2.05, 4.69) is 0 Å². The quantitative estimate of drug-likeness (QED) is 0.451. The monoisotopic (exact) mass is 302 g/mol. The molecule has 1 aromatic rings. The average molecular weight is 302 g/mol. The molecule has 1 aliphatic heterocycles. The number of aliphatic hydroxyl groups excluding tert-OH is 4. The molecule has 5 atom stereocenters. The van der Waals surface area contributed by atoms with Crippen molar-refractivity contribution >= 4 is 7.28 Å². The summed E-state index contributed by atoms with van der Waals surface area (Å²) in [6, 6.07) is 6.70. The first kappa shape index (κ1) is 16.3. The molecule has 1 fully saturated rings. The van der Waals surface area contributed by atoms with Gasteiger partial charge in [0.1, 0.15) is 12.2 Å². The molecule has 116 valence electrons. The van der Waals surface area contributed by atoms with Crippen molar-refractivity contribution in [2.24, 2.45) is 0 Å². The van der Waals surface area contributed by atoms with Crippen LogP contribution in [0.25, 0.3) is 0 Å². The van der Waals surface area contributed by atoms with Crippen LogP contribution in [-0.4, -0.2) is 63.2 Å². The summed E-state index contributed by atoms with van der Waals surface area (Å²) in [6.45, 7) is -1.00. The van der Waals surface area contributed by atoms with Crippen molar-refractivity contribution < 1.29 is 34.3 Å². The van der Waals surface area contributed by atoms with Gasteiger partial charge in [0, 0.05) is 11.4 Å². The minimum atomic E-state index is -3.54. The predicted molar refractivity (Wildman–Crippen MR) is 71.3 cm³/mol. The molecule has 0 amide bonds. The Morgan fingerprint density at radius 3 is 2.19 bits per heavy atom. The third kappa shape index (κ3) is 2.69. The molecule has 8 heteroatoms. The van der Waals surface area contributed by atoms with Gasteiger partial charge in [-0.05, 0) is 0 Å². The van der Waals surface area contributed by atoms with E-state index in [9.17, 15) is 29.2 Å². The molecule has 0 saturated carbocycles. The third-order valence-corrected chi connectivity index (χ3v) is 4.11. The van der Waals surface area contributed by atoms with E-state index in [1.807, 2.05) is 0 Å². The van der Waals surface area contributed by atoms with Crippen LogP contribution in [0.1, 0.15) is 5.56 Å². The molecular weight excluding hydrogens is 285 g/mol. The first-order valence-corrected chi connectivity index (χ1v) is 6.55. The Bertz CT molecular complexity index is 489. The maximum absolute atomic E-state index is 14.5. The molecule has 1 heterocycles. The van der Waals surface area contributed by atoms with Crippen LogP contribution in [0, 0.1) is 0 Å². The lowest BCUT2D eigenvalue weighted by Crippen LogP contribution is -2.67. The van der Waals surface area contributed by atoms with Gasteiger partial charge in [0.2, 0.25) is 0 Å². The maximum atomic E-state index is 14.5. The number of aliphatic hydroxyl groups is 5. The summed E-state index contributed by atoms with van der Waals surface area (Å²) in [5.74, 6) is -5.37. The van der Waals surface area contributed by atoms with Gasteiger partial charge in [-0.15, -0.1) is 0 Å². The topological polar surface area (TPSA) is 101 Å². The maximum Gasteiger partial charge on any atom is 0.272 e. The highest BCUT2D eigenvalue weighted by Gasteiger charge is 2.59. The number of hydrogen-bond donors (Lipinski definition) is 5. The lowest BCUT2D eigenvalue weighted by molar-refractivity contribution is -0.170. The van der Waals surface area contributed by atoms with Crippen molar-refractivity contribution in [1.29, 1.82) is 0 Å². The van der Waals surface area contributed by atoms with E-state index in [0.717, 1.165) is 0 Å². The van der Waals surface area contributed by atoms with Crippen molar-refractivity contribution in [3.05, 3.63) is 35.9 Å². The average Bonchev–Trinajstić information content (AvgIpc) is 2.49. The van der Waals surface area contributed by atoms with E-state index in [4.69, 9.17) is 5.11 Å². The second-order valence-corrected chi connectivity index (χ2v) is 5.49. The third-order valence-electron chi connectivity index (χ3n) is 4.11. The number of halogens is 2. The normalized spacial score (nSPS) is 37.1. The summed E-state index contributed by atoms with van der Waals surface area (Å²) >= 11 is 0. The highest BCUT2D eigenvalue weighted by molar-refractivity contribution is 6.43. The fourth-order valence-electron chi connectivity index (χ4n) is 2.74. The summed E-state index contributed by atoms with van der Waals surface area (Å²) < 4.78 is 29.1. The van der Waals surface area contributed by atoms with Crippen molar-refractivity contribution in [3.63, 3.8) is 0 Å². The summed E-state index contributed by atoms with van der Waals surface area (Å²) in [5.41, 5.74) is -2.67. The van der Waals surface area contributed by atoms with Crippen LogP contribution in [0.3, 0.4) is 0 Å². The second-order valence-electron chi connectivity index (χ2n) is 5.49. The lowest BCUT2D eigenvalue weighted by Gasteiger charge is -2.46. The van der Waals surface area contributed by atoms with E-state index in [-0.39, 0.29) is 5.56 Å². The first-order chi connectivity index (χ1) is 9.74. The Labute approximate surface area is 120 Å². The van der Waals surface area contributed by atoms with Crippen LogP contribution in [-0.2, 0) is 5.92 Å². The largest absolute Gasteiger partial charge is 0.394 e. The molecule has 1 aromatic carbocycles. The van der Waals surface area contributed by atoms with Gasteiger partial charge in [-0.2, -0.15) is 0 Å². The Hall–Kier alpha value is -1.06. The van der Waals surface area contributed by atoms with Crippen LogP contribution >= 0.6 is 0 Å². The van der Waals surface area contributed by atoms with Gasteiger partial charge in [-0.25, -0.2) is 8.78 Å². The van der Waals surface area contributed by atoms with Crippen LogP contribution in [0.5, 0.6) is 0 Å². The Balaban J connectivity index is 2.38. The SMILES string of the molecule is OCC1(O)B[C@@H](C(F)(F)c2ccccc2)[C@H](O)[C@@H](O)[C@@H]1O. The van der Waals surface area contributed by atoms with E-state index < -0.39 is 49.4 Å². The smallest absolute Gasteiger partial charge is 0.272 e. The van der Waals surface area contributed by atoms with E-state index in [1.54, 1.807) is 6.07 Å². The minimum Gasteiger partial charge on any atom is -0.394 e. The van der Waals surface area contributed by atoms with Gasteiger partial charge in [0.05, 0.1) is 18.2 Å². The number of alkyl halides is 2. The summed E-state index contributed by atoms with van der Waals surface area (Å²) in [5, 5.41) is 48.3. The van der Waals surface area contributed by atoms with Gasteiger partial charge in [0.25, 0.3) is 5.92 Å². The zero-order chi connectivity index (χ0) is 15.8. The first-order valence-electron chi connectivity index (χ1n) is 6.55. The van der Waals surface area contributed by atoms with Gasteiger partial charge < -0.3 is 25.5 Å². The van der Waals surface area contributed by atoms with Crippen LogP contribution in [0.4, 0.5) is 8.78 Å². The van der Waals surface area contributed by atoms with Gasteiger partial charge >= 0.3 is 0 Å². The highest BCUT2D eigenvalue weighted by atomic mass is 19.3.